The summed E-state index contributed by atoms with van der Waals surface area (Å²) in [6.45, 7) is 9.94. The summed E-state index contributed by atoms with van der Waals surface area (Å²) < 4.78 is 7.76. The van der Waals surface area contributed by atoms with Crippen LogP contribution in [0, 0.1) is 6.92 Å². The predicted octanol–water partition coefficient (Wildman–Crippen LogP) is 5.20. The van der Waals surface area contributed by atoms with Crippen LogP contribution < -0.4 is 5.32 Å². The van der Waals surface area contributed by atoms with Gasteiger partial charge < -0.3 is 19.5 Å². The second-order valence-electron chi connectivity index (χ2n) is 9.38. The summed E-state index contributed by atoms with van der Waals surface area (Å²) in [4.78, 5) is 19.0. The molecule has 31 heavy (non-hydrogen) atoms. The molecule has 1 amide bonds. The fourth-order valence-electron chi connectivity index (χ4n) is 3.94. The zero-order valence-corrected chi connectivity index (χ0v) is 18.9. The maximum Gasteiger partial charge on any atom is 0.410 e. The zero-order chi connectivity index (χ0) is 22.0. The third-order valence-corrected chi connectivity index (χ3v) is 5.60. The molecule has 0 spiro atoms. The lowest BCUT2D eigenvalue weighted by Gasteiger charge is -2.34. The molecule has 0 atom stereocenters. The number of likely N-dealkylation sites (tertiary alicyclic amines) is 1. The maximum atomic E-state index is 12.3. The van der Waals surface area contributed by atoms with E-state index in [0.717, 1.165) is 36.4 Å². The molecule has 0 unspecified atom stereocenters. The highest BCUT2D eigenvalue weighted by Crippen LogP contribution is 2.24. The topological polar surface area (TPSA) is 59.4 Å². The van der Waals surface area contributed by atoms with Gasteiger partial charge in [-0.05, 0) is 58.2 Å². The van der Waals surface area contributed by atoms with E-state index in [9.17, 15) is 4.79 Å². The summed E-state index contributed by atoms with van der Waals surface area (Å²) in [5.41, 5.74) is 4.15. The molecule has 6 nitrogen and oxygen atoms in total. The number of ether oxygens (including phenoxy) is 1. The van der Waals surface area contributed by atoms with E-state index < -0.39 is 5.60 Å². The number of nitrogens with one attached hydrogen (secondary N) is 1. The lowest BCUT2D eigenvalue weighted by molar-refractivity contribution is 0.0210. The minimum absolute atomic E-state index is 0.224. The van der Waals surface area contributed by atoms with E-state index in [1.807, 2.05) is 26.8 Å². The Morgan fingerprint density at radius 2 is 1.77 bits per heavy atom. The second-order valence-corrected chi connectivity index (χ2v) is 9.38. The van der Waals surface area contributed by atoms with Gasteiger partial charge in [0.25, 0.3) is 0 Å². The lowest BCUT2D eigenvalue weighted by atomic mass is 10.1. The Kier molecular flexibility index (Phi) is 5.90. The van der Waals surface area contributed by atoms with Crippen LogP contribution in [0.1, 0.15) is 44.7 Å². The number of nitrogens with zero attached hydrogens (tertiary/aromatic N) is 3. The monoisotopic (exact) mass is 420 g/mol. The van der Waals surface area contributed by atoms with Crippen LogP contribution in [0.15, 0.2) is 48.5 Å². The van der Waals surface area contributed by atoms with Gasteiger partial charge in [0, 0.05) is 19.1 Å². The highest BCUT2D eigenvalue weighted by molar-refractivity contribution is 5.78. The summed E-state index contributed by atoms with van der Waals surface area (Å²) in [6.07, 6.45) is 1.51. The fraction of sp³-hybridized carbons (Fsp3) is 0.440. The van der Waals surface area contributed by atoms with Crippen molar-refractivity contribution in [1.29, 1.82) is 0 Å². The molecule has 1 aliphatic rings. The molecule has 0 bridgehead atoms. The van der Waals surface area contributed by atoms with E-state index >= 15 is 0 Å². The number of rotatable bonds is 4. The molecule has 164 valence electrons. The number of carbonyl (C=O) groups excluding carboxylic acids is 1. The average Bonchev–Trinajstić information content (AvgIpc) is 3.06. The molecule has 0 radical (unpaired) electrons. The van der Waals surface area contributed by atoms with Gasteiger partial charge in [-0.1, -0.05) is 42.0 Å². The Labute approximate surface area is 184 Å². The summed E-state index contributed by atoms with van der Waals surface area (Å²) in [5.74, 6) is 0.887. The Bertz CT molecular complexity index is 1040. The molecule has 2 aromatic carbocycles. The van der Waals surface area contributed by atoms with E-state index in [0.29, 0.717) is 13.1 Å². The van der Waals surface area contributed by atoms with Crippen LogP contribution in [0.2, 0.25) is 0 Å². The first-order valence-electron chi connectivity index (χ1n) is 11.0. The summed E-state index contributed by atoms with van der Waals surface area (Å²) in [7, 11) is 0. The lowest BCUT2D eigenvalue weighted by Crippen LogP contribution is -2.44. The Morgan fingerprint density at radius 1 is 1.10 bits per heavy atom. The van der Waals surface area contributed by atoms with Crippen LogP contribution in [0.3, 0.4) is 0 Å². The van der Waals surface area contributed by atoms with Crippen LogP contribution >= 0.6 is 0 Å². The minimum Gasteiger partial charge on any atom is -0.444 e. The number of aromatic nitrogens is 2. The van der Waals surface area contributed by atoms with Gasteiger partial charge in [-0.15, -0.1) is 0 Å². The van der Waals surface area contributed by atoms with Crippen molar-refractivity contribution in [3.05, 3.63) is 59.7 Å². The number of anilines is 1. The van der Waals surface area contributed by atoms with Gasteiger partial charge in [0.2, 0.25) is 5.95 Å². The van der Waals surface area contributed by atoms with Gasteiger partial charge in [-0.2, -0.15) is 0 Å². The SMILES string of the molecule is Cc1ccc(Cn2c(NC3CCN(C(=O)OC(C)(C)C)CC3)nc3ccccc32)cc1. The fourth-order valence-corrected chi connectivity index (χ4v) is 3.94. The van der Waals surface area contributed by atoms with E-state index in [2.05, 4.69) is 59.3 Å². The van der Waals surface area contributed by atoms with Gasteiger partial charge in [0.1, 0.15) is 5.60 Å². The van der Waals surface area contributed by atoms with Crippen LogP contribution in [0.4, 0.5) is 10.7 Å². The van der Waals surface area contributed by atoms with Crippen molar-refractivity contribution in [3.8, 4) is 0 Å². The standard InChI is InChI=1S/C25H32N4O2/c1-18-9-11-19(12-10-18)17-29-22-8-6-5-7-21(22)27-23(29)26-20-13-15-28(16-14-20)24(30)31-25(2,3)4/h5-12,20H,13-17H2,1-4H3,(H,26,27). The van der Waals surface area contributed by atoms with Gasteiger partial charge in [-0.3, -0.25) is 0 Å². The first kappa shape index (κ1) is 21.2. The number of imidazole rings is 1. The van der Waals surface area contributed by atoms with Gasteiger partial charge in [0.05, 0.1) is 17.6 Å². The largest absolute Gasteiger partial charge is 0.444 e. The van der Waals surface area contributed by atoms with Crippen LogP contribution in [-0.4, -0.2) is 45.3 Å². The maximum absolute atomic E-state index is 12.3. The minimum atomic E-state index is -0.465. The number of piperidine rings is 1. The van der Waals surface area contributed by atoms with Crippen molar-refractivity contribution in [2.75, 3.05) is 18.4 Å². The molecular weight excluding hydrogens is 388 g/mol. The first-order valence-corrected chi connectivity index (χ1v) is 11.0. The Balaban J connectivity index is 1.47. The quantitative estimate of drug-likeness (QED) is 0.630. The number of hydrogen-bond donors (Lipinski definition) is 1. The van der Waals surface area contributed by atoms with Crippen LogP contribution in [0.25, 0.3) is 11.0 Å². The number of para-hydroxylation sites is 2. The normalized spacial score (nSPS) is 15.3. The highest BCUT2D eigenvalue weighted by Gasteiger charge is 2.27. The summed E-state index contributed by atoms with van der Waals surface area (Å²) in [5, 5.41) is 3.65. The third kappa shape index (κ3) is 5.19. The summed E-state index contributed by atoms with van der Waals surface area (Å²) >= 11 is 0. The molecule has 1 N–H and O–H groups in total. The molecule has 6 heteroatoms. The smallest absolute Gasteiger partial charge is 0.410 e. The number of amides is 1. The van der Waals surface area contributed by atoms with Crippen molar-refractivity contribution in [2.45, 2.75) is 58.7 Å². The van der Waals surface area contributed by atoms with E-state index in [4.69, 9.17) is 9.72 Å². The van der Waals surface area contributed by atoms with Crippen LogP contribution in [0.5, 0.6) is 0 Å². The number of carbonyl (C=O) groups is 1. The number of hydrogen-bond acceptors (Lipinski definition) is 4. The molecule has 1 aromatic heterocycles. The summed E-state index contributed by atoms with van der Waals surface area (Å²) in [6, 6.07) is 17.2. The molecular formula is C25H32N4O2. The molecule has 3 aromatic rings. The van der Waals surface area contributed by atoms with Gasteiger partial charge >= 0.3 is 6.09 Å². The van der Waals surface area contributed by atoms with Gasteiger partial charge in [-0.25, -0.2) is 9.78 Å². The van der Waals surface area contributed by atoms with E-state index in [1.165, 1.54) is 11.1 Å². The van der Waals surface area contributed by atoms with Crippen molar-refractivity contribution < 1.29 is 9.53 Å². The second kappa shape index (κ2) is 8.61. The Morgan fingerprint density at radius 3 is 2.45 bits per heavy atom. The van der Waals surface area contributed by atoms with Gasteiger partial charge in [0.15, 0.2) is 0 Å². The third-order valence-electron chi connectivity index (χ3n) is 5.60. The number of benzene rings is 2. The molecule has 2 heterocycles. The molecule has 1 saturated heterocycles. The number of aryl methyl sites for hydroxylation is 1. The zero-order valence-electron chi connectivity index (χ0n) is 18.9. The van der Waals surface area contributed by atoms with Crippen molar-refractivity contribution >= 4 is 23.1 Å². The average molecular weight is 421 g/mol. The number of fused-ring (bicyclic) bond motifs is 1. The van der Waals surface area contributed by atoms with Crippen molar-refractivity contribution in [3.63, 3.8) is 0 Å². The molecule has 0 saturated carbocycles. The Hall–Kier alpha value is -3.02. The predicted molar refractivity (Wildman–Crippen MR) is 124 cm³/mol. The van der Waals surface area contributed by atoms with Crippen molar-refractivity contribution in [2.24, 2.45) is 0 Å². The van der Waals surface area contributed by atoms with Crippen LogP contribution in [-0.2, 0) is 11.3 Å². The highest BCUT2D eigenvalue weighted by atomic mass is 16.6. The van der Waals surface area contributed by atoms with E-state index in [1.54, 1.807) is 4.90 Å². The molecule has 0 aliphatic carbocycles. The molecule has 1 aliphatic heterocycles. The van der Waals surface area contributed by atoms with E-state index in [-0.39, 0.29) is 12.1 Å². The first-order chi connectivity index (χ1) is 14.8. The molecule has 1 fully saturated rings. The van der Waals surface area contributed by atoms with Crippen molar-refractivity contribution in [1.82, 2.24) is 14.5 Å². The molecule has 4 rings (SSSR count).